The Morgan fingerprint density at radius 2 is 1.95 bits per heavy atom. The minimum absolute atomic E-state index is 1.07. The molecule has 0 aliphatic carbocycles. The van der Waals surface area contributed by atoms with Crippen LogP contribution < -0.4 is 4.90 Å². The van der Waals surface area contributed by atoms with Crippen molar-refractivity contribution in [2.45, 2.75) is 0 Å². The van der Waals surface area contributed by atoms with Gasteiger partial charge in [-0.2, -0.15) is 0 Å². The van der Waals surface area contributed by atoms with Gasteiger partial charge in [0, 0.05) is 54.2 Å². The fourth-order valence-electron chi connectivity index (χ4n) is 2.81. The van der Waals surface area contributed by atoms with Gasteiger partial charge in [-0.1, -0.05) is 18.2 Å². The van der Waals surface area contributed by atoms with E-state index in [-0.39, 0.29) is 0 Å². The Balaban J connectivity index is 1.65. The second-order valence-electron chi connectivity index (χ2n) is 5.55. The first-order valence-corrected chi connectivity index (χ1v) is 8.15. The van der Waals surface area contributed by atoms with Crippen molar-refractivity contribution in [3.8, 4) is 11.3 Å². The lowest BCUT2D eigenvalue weighted by Crippen LogP contribution is -2.44. The van der Waals surface area contributed by atoms with E-state index in [4.69, 9.17) is 4.98 Å². The van der Waals surface area contributed by atoms with Gasteiger partial charge in [0.25, 0.3) is 0 Å². The van der Waals surface area contributed by atoms with Gasteiger partial charge in [0.05, 0.1) is 5.69 Å². The number of H-pyrrole nitrogens is 1. The molecule has 1 N–H and O–H groups in total. The number of benzene rings is 1. The predicted molar refractivity (Wildman–Crippen MR) is 89.1 cm³/mol. The largest absolute Gasteiger partial charge is 0.360 e. The number of thiazole rings is 1. The number of piperazine rings is 1. The first-order chi connectivity index (χ1) is 10.3. The highest BCUT2D eigenvalue weighted by Gasteiger charge is 2.18. The molecule has 0 spiro atoms. The van der Waals surface area contributed by atoms with Crippen LogP contribution in [0.4, 0.5) is 5.13 Å². The number of fused-ring (bicyclic) bond motifs is 1. The molecule has 4 nitrogen and oxygen atoms in total. The number of para-hydroxylation sites is 1. The molecule has 0 bridgehead atoms. The fraction of sp³-hybridized carbons (Fsp3) is 0.312. The number of likely N-dealkylation sites (N-methyl/N-ethyl adjacent to an activating group) is 1. The third kappa shape index (κ3) is 2.32. The van der Waals surface area contributed by atoms with Crippen molar-refractivity contribution >= 4 is 27.4 Å². The lowest BCUT2D eigenvalue weighted by atomic mass is 10.1. The van der Waals surface area contributed by atoms with Crippen LogP contribution in [0.2, 0.25) is 0 Å². The standard InChI is InChI=1S/C16H18N4S/c1-19-6-8-20(9-7-19)16-18-15(11-21-16)13-10-17-14-5-3-2-4-12(13)14/h2-5,10-11,17H,6-9H2,1H3. The molecule has 0 radical (unpaired) electrons. The second-order valence-corrected chi connectivity index (χ2v) is 6.39. The maximum absolute atomic E-state index is 4.86. The third-order valence-corrected chi connectivity index (χ3v) is 5.03. The molecular weight excluding hydrogens is 280 g/mol. The van der Waals surface area contributed by atoms with Gasteiger partial charge < -0.3 is 14.8 Å². The van der Waals surface area contributed by atoms with Gasteiger partial charge in [-0.3, -0.25) is 0 Å². The summed E-state index contributed by atoms with van der Waals surface area (Å²) in [6, 6.07) is 8.38. The Labute approximate surface area is 128 Å². The van der Waals surface area contributed by atoms with Gasteiger partial charge in [-0.15, -0.1) is 11.3 Å². The van der Waals surface area contributed by atoms with Gasteiger partial charge >= 0.3 is 0 Å². The number of rotatable bonds is 2. The van der Waals surface area contributed by atoms with Crippen LogP contribution in [0.1, 0.15) is 0 Å². The summed E-state index contributed by atoms with van der Waals surface area (Å²) in [4.78, 5) is 12.9. The highest BCUT2D eigenvalue weighted by Crippen LogP contribution is 2.32. The zero-order valence-corrected chi connectivity index (χ0v) is 12.9. The Morgan fingerprint density at radius 3 is 2.81 bits per heavy atom. The summed E-state index contributed by atoms with van der Waals surface area (Å²) >= 11 is 1.75. The van der Waals surface area contributed by atoms with Crippen LogP contribution >= 0.6 is 11.3 Å². The second kappa shape index (κ2) is 5.16. The molecule has 1 aliphatic rings. The van der Waals surface area contributed by atoms with Crippen LogP contribution in [0.3, 0.4) is 0 Å². The van der Waals surface area contributed by atoms with E-state index in [1.807, 2.05) is 0 Å². The molecule has 21 heavy (non-hydrogen) atoms. The average molecular weight is 298 g/mol. The molecule has 3 heterocycles. The van der Waals surface area contributed by atoms with Crippen molar-refractivity contribution in [3.63, 3.8) is 0 Å². The Hall–Kier alpha value is -1.85. The molecule has 3 aromatic rings. The van der Waals surface area contributed by atoms with Crippen LogP contribution in [0.5, 0.6) is 0 Å². The van der Waals surface area contributed by atoms with E-state index in [1.54, 1.807) is 11.3 Å². The molecule has 0 saturated carbocycles. The summed E-state index contributed by atoms with van der Waals surface area (Å²) in [5.74, 6) is 0. The van der Waals surface area contributed by atoms with E-state index in [9.17, 15) is 0 Å². The Bertz CT molecular complexity index is 752. The number of nitrogens with zero attached hydrogens (tertiary/aromatic N) is 3. The van der Waals surface area contributed by atoms with E-state index in [1.165, 1.54) is 16.5 Å². The quantitative estimate of drug-likeness (QED) is 0.790. The van der Waals surface area contributed by atoms with Gasteiger partial charge in [0.15, 0.2) is 5.13 Å². The van der Waals surface area contributed by atoms with E-state index < -0.39 is 0 Å². The average Bonchev–Trinajstić information content (AvgIpc) is 3.14. The van der Waals surface area contributed by atoms with Crippen molar-refractivity contribution < 1.29 is 0 Å². The summed E-state index contributed by atoms with van der Waals surface area (Å²) in [7, 11) is 2.18. The molecule has 108 valence electrons. The number of aromatic nitrogens is 2. The summed E-state index contributed by atoms with van der Waals surface area (Å²) in [5.41, 5.74) is 3.44. The molecule has 0 atom stereocenters. The number of hydrogen-bond donors (Lipinski definition) is 1. The summed E-state index contributed by atoms with van der Waals surface area (Å²) in [6.07, 6.45) is 2.06. The zero-order chi connectivity index (χ0) is 14.2. The summed E-state index contributed by atoms with van der Waals surface area (Å²) in [6.45, 7) is 4.36. The van der Waals surface area contributed by atoms with Crippen molar-refractivity contribution in [2.75, 3.05) is 38.1 Å². The fourth-order valence-corrected chi connectivity index (χ4v) is 3.69. The highest BCUT2D eigenvalue weighted by atomic mass is 32.1. The first-order valence-electron chi connectivity index (χ1n) is 7.27. The monoisotopic (exact) mass is 298 g/mol. The van der Waals surface area contributed by atoms with Crippen LogP contribution in [0.15, 0.2) is 35.8 Å². The number of hydrogen-bond acceptors (Lipinski definition) is 4. The maximum Gasteiger partial charge on any atom is 0.185 e. The lowest BCUT2D eigenvalue weighted by molar-refractivity contribution is 0.313. The lowest BCUT2D eigenvalue weighted by Gasteiger charge is -2.32. The van der Waals surface area contributed by atoms with Crippen molar-refractivity contribution in [1.82, 2.24) is 14.9 Å². The maximum atomic E-state index is 4.86. The van der Waals surface area contributed by atoms with Crippen LogP contribution in [0.25, 0.3) is 22.2 Å². The molecular formula is C16H18N4S. The van der Waals surface area contributed by atoms with E-state index in [0.717, 1.165) is 37.0 Å². The van der Waals surface area contributed by atoms with Crippen LogP contribution in [0, 0.1) is 0 Å². The highest BCUT2D eigenvalue weighted by molar-refractivity contribution is 7.14. The topological polar surface area (TPSA) is 35.2 Å². The smallest absolute Gasteiger partial charge is 0.185 e. The SMILES string of the molecule is CN1CCN(c2nc(-c3c[nH]c4ccccc34)cs2)CC1. The van der Waals surface area contributed by atoms with Crippen molar-refractivity contribution in [2.24, 2.45) is 0 Å². The molecule has 1 aromatic carbocycles. The Kier molecular flexibility index (Phi) is 3.16. The van der Waals surface area contributed by atoms with Crippen LogP contribution in [-0.4, -0.2) is 48.1 Å². The molecule has 0 unspecified atom stereocenters. The van der Waals surface area contributed by atoms with E-state index in [0.29, 0.717) is 0 Å². The third-order valence-electron chi connectivity index (χ3n) is 4.13. The van der Waals surface area contributed by atoms with Crippen molar-refractivity contribution in [1.29, 1.82) is 0 Å². The minimum Gasteiger partial charge on any atom is -0.360 e. The molecule has 5 heteroatoms. The number of aromatic amines is 1. The number of nitrogens with one attached hydrogen (secondary N) is 1. The molecule has 4 rings (SSSR count). The van der Waals surface area contributed by atoms with E-state index in [2.05, 4.69) is 57.7 Å². The molecule has 2 aromatic heterocycles. The molecule has 0 amide bonds. The van der Waals surface area contributed by atoms with Gasteiger partial charge in [0.2, 0.25) is 0 Å². The molecule has 1 fully saturated rings. The van der Waals surface area contributed by atoms with Gasteiger partial charge in [0.1, 0.15) is 0 Å². The first kappa shape index (κ1) is 12.9. The Morgan fingerprint density at radius 1 is 1.14 bits per heavy atom. The molecule has 1 aliphatic heterocycles. The van der Waals surface area contributed by atoms with E-state index >= 15 is 0 Å². The molecule has 1 saturated heterocycles. The minimum atomic E-state index is 1.07. The van der Waals surface area contributed by atoms with Crippen molar-refractivity contribution in [3.05, 3.63) is 35.8 Å². The van der Waals surface area contributed by atoms with Gasteiger partial charge in [-0.25, -0.2) is 4.98 Å². The summed E-state index contributed by atoms with van der Waals surface area (Å²) < 4.78 is 0. The summed E-state index contributed by atoms with van der Waals surface area (Å²) in [5, 5.41) is 4.56. The van der Waals surface area contributed by atoms with Crippen LogP contribution in [-0.2, 0) is 0 Å². The van der Waals surface area contributed by atoms with Gasteiger partial charge in [-0.05, 0) is 13.1 Å². The zero-order valence-electron chi connectivity index (χ0n) is 12.0. The number of anilines is 1. The normalized spacial score (nSPS) is 16.7. The predicted octanol–water partition coefficient (Wildman–Crippen LogP) is 3.04.